The molecule has 1 aliphatic rings. The van der Waals surface area contributed by atoms with Crippen LogP contribution in [0.4, 0.5) is 11.4 Å². The minimum Gasteiger partial charge on any atom is -0.325 e. The minimum atomic E-state index is -0.0378. The first-order valence-corrected chi connectivity index (χ1v) is 7.40. The normalized spacial score (nSPS) is 14.3. The Balaban J connectivity index is 1.91. The summed E-state index contributed by atoms with van der Waals surface area (Å²) in [7, 11) is 0. The van der Waals surface area contributed by atoms with Gasteiger partial charge in [-0.15, -0.1) is 0 Å². The van der Waals surface area contributed by atoms with Crippen LogP contribution in [0.15, 0.2) is 58.0 Å². The number of nitrogens with zero attached hydrogens (tertiary/aromatic N) is 2. The first kappa shape index (κ1) is 13.8. The third-order valence-corrected chi connectivity index (χ3v) is 3.78. The lowest BCUT2D eigenvalue weighted by atomic mass is 10.2. The topological polar surface area (TPSA) is 44.7 Å². The van der Waals surface area contributed by atoms with Crippen molar-refractivity contribution in [3.05, 3.63) is 58.6 Å². The summed E-state index contributed by atoms with van der Waals surface area (Å²) >= 11 is 3.43. The fourth-order valence-electron chi connectivity index (χ4n) is 2.21. The summed E-state index contributed by atoms with van der Waals surface area (Å²) in [6.45, 7) is 2.18. The Kier molecular flexibility index (Phi) is 3.75. The van der Waals surface area contributed by atoms with Crippen LogP contribution in [-0.2, 0) is 4.79 Å². The van der Waals surface area contributed by atoms with Crippen LogP contribution in [0, 0.1) is 6.92 Å². The zero-order chi connectivity index (χ0) is 14.8. The third kappa shape index (κ3) is 2.83. The van der Waals surface area contributed by atoms with Gasteiger partial charge in [0.1, 0.15) is 6.54 Å². The van der Waals surface area contributed by atoms with Gasteiger partial charge in [0, 0.05) is 10.2 Å². The number of carbonyl (C=O) groups is 1. The van der Waals surface area contributed by atoms with Crippen LogP contribution in [0.25, 0.3) is 0 Å². The molecule has 4 nitrogen and oxygen atoms in total. The monoisotopic (exact) mass is 343 g/mol. The van der Waals surface area contributed by atoms with Crippen molar-refractivity contribution in [2.24, 2.45) is 4.99 Å². The molecule has 2 aromatic rings. The highest BCUT2D eigenvalue weighted by Gasteiger charge is 2.27. The molecule has 1 heterocycles. The van der Waals surface area contributed by atoms with Crippen LogP contribution in [-0.4, -0.2) is 18.4 Å². The number of benzene rings is 2. The summed E-state index contributed by atoms with van der Waals surface area (Å²) < 4.78 is 0.926. The van der Waals surface area contributed by atoms with Gasteiger partial charge >= 0.3 is 0 Å². The molecule has 1 aliphatic heterocycles. The van der Waals surface area contributed by atoms with Crippen molar-refractivity contribution in [3.8, 4) is 0 Å². The predicted molar refractivity (Wildman–Crippen MR) is 88.7 cm³/mol. The van der Waals surface area contributed by atoms with E-state index in [1.165, 1.54) is 0 Å². The Labute approximate surface area is 131 Å². The van der Waals surface area contributed by atoms with E-state index < -0.39 is 0 Å². The van der Waals surface area contributed by atoms with E-state index in [1.807, 2.05) is 55.5 Å². The molecule has 0 radical (unpaired) electrons. The molecule has 1 amide bonds. The van der Waals surface area contributed by atoms with Gasteiger partial charge in [-0.2, -0.15) is 0 Å². The number of aryl methyl sites for hydroxylation is 1. The Morgan fingerprint density at radius 3 is 2.76 bits per heavy atom. The standard InChI is InChI=1S/C16H14BrN3O/c1-11-5-2-3-8-14(11)19-16-18-10-15(21)20(16)13-7-4-6-12(17)9-13/h2-9H,10H2,1H3,(H,18,19). The lowest BCUT2D eigenvalue weighted by Gasteiger charge is -2.20. The molecule has 0 bridgehead atoms. The predicted octanol–water partition coefficient (Wildman–Crippen LogP) is 3.57. The summed E-state index contributed by atoms with van der Waals surface area (Å²) in [5.41, 5.74) is 2.85. The highest BCUT2D eigenvalue weighted by Crippen LogP contribution is 2.24. The molecule has 2 aromatic carbocycles. The first-order valence-electron chi connectivity index (χ1n) is 6.61. The van der Waals surface area contributed by atoms with E-state index in [-0.39, 0.29) is 12.5 Å². The fourth-order valence-corrected chi connectivity index (χ4v) is 2.60. The Morgan fingerprint density at radius 2 is 2.00 bits per heavy atom. The van der Waals surface area contributed by atoms with Gasteiger partial charge in [-0.25, -0.2) is 9.89 Å². The Morgan fingerprint density at radius 1 is 1.19 bits per heavy atom. The van der Waals surface area contributed by atoms with E-state index >= 15 is 0 Å². The number of hydrogen-bond donors (Lipinski definition) is 1. The van der Waals surface area contributed by atoms with Gasteiger partial charge in [-0.05, 0) is 36.8 Å². The Hall–Kier alpha value is -2.14. The van der Waals surface area contributed by atoms with Gasteiger partial charge in [0.05, 0.1) is 5.69 Å². The number of carbonyl (C=O) groups excluding carboxylic acids is 1. The van der Waals surface area contributed by atoms with Crippen LogP contribution in [0.3, 0.4) is 0 Å². The molecule has 21 heavy (non-hydrogen) atoms. The fraction of sp³-hybridized carbons (Fsp3) is 0.125. The second-order valence-electron chi connectivity index (χ2n) is 4.79. The van der Waals surface area contributed by atoms with E-state index in [0.717, 1.165) is 21.4 Å². The van der Waals surface area contributed by atoms with Crippen molar-refractivity contribution in [1.82, 2.24) is 0 Å². The van der Waals surface area contributed by atoms with Crippen molar-refractivity contribution in [1.29, 1.82) is 0 Å². The lowest BCUT2D eigenvalue weighted by Crippen LogP contribution is -2.37. The minimum absolute atomic E-state index is 0.0378. The van der Waals surface area contributed by atoms with Crippen LogP contribution in [0.5, 0.6) is 0 Å². The van der Waals surface area contributed by atoms with Crippen LogP contribution in [0.1, 0.15) is 5.56 Å². The molecule has 0 atom stereocenters. The molecule has 0 aromatic heterocycles. The number of para-hydroxylation sites is 1. The number of aliphatic imine (C=N–C) groups is 1. The molecule has 0 spiro atoms. The maximum Gasteiger partial charge on any atom is 0.255 e. The van der Waals surface area contributed by atoms with E-state index in [1.54, 1.807) is 4.90 Å². The van der Waals surface area contributed by atoms with E-state index in [0.29, 0.717) is 5.96 Å². The van der Waals surface area contributed by atoms with Crippen molar-refractivity contribution in [3.63, 3.8) is 0 Å². The SMILES string of the molecule is Cc1ccccc1NC1=NCC(=O)N1c1cccc(Br)c1. The average Bonchev–Trinajstić information content (AvgIpc) is 2.82. The molecule has 3 rings (SSSR count). The number of nitrogens with one attached hydrogen (secondary N) is 1. The number of hydrogen-bond acceptors (Lipinski definition) is 3. The molecular formula is C16H14BrN3O. The van der Waals surface area contributed by atoms with E-state index in [4.69, 9.17) is 0 Å². The van der Waals surface area contributed by atoms with Crippen LogP contribution >= 0.6 is 15.9 Å². The van der Waals surface area contributed by atoms with Gasteiger partial charge in [0.25, 0.3) is 5.91 Å². The lowest BCUT2D eigenvalue weighted by molar-refractivity contribution is -0.115. The van der Waals surface area contributed by atoms with Crippen molar-refractivity contribution in [2.45, 2.75) is 6.92 Å². The van der Waals surface area contributed by atoms with E-state index in [2.05, 4.69) is 26.2 Å². The smallest absolute Gasteiger partial charge is 0.255 e. The number of anilines is 2. The molecule has 5 heteroatoms. The molecular weight excluding hydrogens is 330 g/mol. The van der Waals surface area contributed by atoms with Gasteiger partial charge in [0.2, 0.25) is 5.96 Å². The summed E-state index contributed by atoms with van der Waals surface area (Å²) in [6.07, 6.45) is 0. The highest BCUT2D eigenvalue weighted by atomic mass is 79.9. The first-order chi connectivity index (χ1) is 10.1. The van der Waals surface area contributed by atoms with Gasteiger partial charge in [-0.3, -0.25) is 4.79 Å². The molecule has 106 valence electrons. The number of guanidine groups is 1. The number of amides is 1. The largest absolute Gasteiger partial charge is 0.325 e. The zero-order valence-corrected chi connectivity index (χ0v) is 13.1. The average molecular weight is 344 g/mol. The van der Waals surface area contributed by atoms with Crippen molar-refractivity contribution in [2.75, 3.05) is 16.8 Å². The summed E-state index contributed by atoms with van der Waals surface area (Å²) in [5.74, 6) is 0.525. The maximum absolute atomic E-state index is 12.1. The number of rotatable bonds is 2. The summed E-state index contributed by atoms with van der Waals surface area (Å²) in [6, 6.07) is 15.5. The molecule has 0 unspecified atom stereocenters. The van der Waals surface area contributed by atoms with Crippen LogP contribution in [0.2, 0.25) is 0 Å². The molecule has 0 aliphatic carbocycles. The maximum atomic E-state index is 12.1. The second kappa shape index (κ2) is 5.69. The summed E-state index contributed by atoms with van der Waals surface area (Å²) in [5, 5.41) is 3.25. The quantitative estimate of drug-likeness (QED) is 0.905. The molecule has 0 saturated heterocycles. The van der Waals surface area contributed by atoms with E-state index in [9.17, 15) is 4.79 Å². The zero-order valence-electron chi connectivity index (χ0n) is 11.5. The second-order valence-corrected chi connectivity index (χ2v) is 5.70. The third-order valence-electron chi connectivity index (χ3n) is 3.28. The van der Waals surface area contributed by atoms with Gasteiger partial charge < -0.3 is 5.32 Å². The Bertz CT molecular complexity index is 727. The number of halogens is 1. The molecule has 0 saturated carbocycles. The molecule has 1 N–H and O–H groups in total. The van der Waals surface area contributed by atoms with Crippen molar-refractivity contribution >= 4 is 39.2 Å². The van der Waals surface area contributed by atoms with Gasteiger partial charge in [-0.1, -0.05) is 40.2 Å². The highest BCUT2D eigenvalue weighted by molar-refractivity contribution is 9.10. The van der Waals surface area contributed by atoms with Gasteiger partial charge in [0.15, 0.2) is 0 Å². The molecule has 0 fully saturated rings. The summed E-state index contributed by atoms with van der Waals surface area (Å²) in [4.78, 5) is 18.0. The van der Waals surface area contributed by atoms with Crippen LogP contribution < -0.4 is 10.2 Å². The van der Waals surface area contributed by atoms with Crippen molar-refractivity contribution < 1.29 is 4.79 Å².